The van der Waals surface area contributed by atoms with Gasteiger partial charge in [-0.25, -0.2) is 5.43 Å². The number of rotatable bonds is 5. The number of hydrogen-bond donors (Lipinski definition) is 1. The number of amides is 1. The summed E-state index contributed by atoms with van der Waals surface area (Å²) in [6.07, 6.45) is 1.60. The zero-order valence-electron chi connectivity index (χ0n) is 13.1. The van der Waals surface area contributed by atoms with Gasteiger partial charge in [-0.2, -0.15) is 5.10 Å². The smallest absolute Gasteiger partial charge is 0.267 e. The van der Waals surface area contributed by atoms with Crippen LogP contribution < -0.4 is 5.43 Å². The van der Waals surface area contributed by atoms with Gasteiger partial charge >= 0.3 is 0 Å². The molecule has 0 aliphatic rings. The summed E-state index contributed by atoms with van der Waals surface area (Å²) in [7, 11) is 0. The minimum Gasteiger partial charge on any atom is -0.267 e. The first kappa shape index (κ1) is 19.3. The first-order chi connectivity index (χ1) is 12.5. The molecule has 2 aromatic carbocycles. The minimum atomic E-state index is -0.393. The van der Waals surface area contributed by atoms with E-state index in [1.54, 1.807) is 41.4 Å². The van der Waals surface area contributed by atoms with Gasteiger partial charge in [0.25, 0.3) is 5.91 Å². The topological polar surface area (TPSA) is 41.5 Å². The molecule has 3 rings (SSSR count). The fourth-order valence-electron chi connectivity index (χ4n) is 1.97. The van der Waals surface area contributed by atoms with Gasteiger partial charge in [0.05, 0.1) is 21.0 Å². The van der Waals surface area contributed by atoms with Gasteiger partial charge in [0, 0.05) is 19.8 Å². The van der Waals surface area contributed by atoms with Crippen LogP contribution >= 0.6 is 57.9 Å². The van der Waals surface area contributed by atoms with E-state index in [4.69, 9.17) is 34.8 Å². The van der Waals surface area contributed by atoms with Crippen LogP contribution in [0.3, 0.4) is 0 Å². The van der Waals surface area contributed by atoms with E-state index in [1.807, 2.05) is 36.4 Å². The molecule has 0 saturated carbocycles. The Morgan fingerprint density at radius 2 is 1.73 bits per heavy atom. The van der Waals surface area contributed by atoms with Gasteiger partial charge in [-0.05, 0) is 54.6 Å². The summed E-state index contributed by atoms with van der Waals surface area (Å²) in [5.41, 5.74) is 2.78. The third-order valence-electron chi connectivity index (χ3n) is 3.17. The first-order valence-electron chi connectivity index (χ1n) is 7.33. The average molecular weight is 442 g/mol. The predicted molar refractivity (Wildman–Crippen MR) is 111 cm³/mol. The maximum absolute atomic E-state index is 12.1. The molecule has 0 aliphatic heterocycles. The van der Waals surface area contributed by atoms with Crippen LogP contribution in [0.4, 0.5) is 0 Å². The second-order valence-corrected chi connectivity index (χ2v) is 8.81. The highest BCUT2D eigenvalue weighted by Crippen LogP contribution is 2.33. The van der Waals surface area contributed by atoms with Gasteiger partial charge in [-0.15, -0.1) is 11.3 Å². The summed E-state index contributed by atoms with van der Waals surface area (Å²) >= 11 is 20.9. The van der Waals surface area contributed by atoms with E-state index < -0.39 is 5.91 Å². The first-order valence-corrected chi connectivity index (χ1v) is 10.1. The number of hydrazone groups is 1. The SMILES string of the molecule is O=C(N/N=C\c1ccc(Sc2ccc(Cl)cc2)s1)c1ccc(Cl)cc1Cl. The van der Waals surface area contributed by atoms with Crippen LogP contribution in [0.2, 0.25) is 15.1 Å². The highest BCUT2D eigenvalue weighted by molar-refractivity contribution is 8.01. The summed E-state index contributed by atoms with van der Waals surface area (Å²) in [5.74, 6) is -0.393. The number of nitrogens with one attached hydrogen (secondary N) is 1. The van der Waals surface area contributed by atoms with Crippen molar-refractivity contribution in [1.29, 1.82) is 0 Å². The third-order valence-corrected chi connectivity index (χ3v) is 6.13. The highest BCUT2D eigenvalue weighted by atomic mass is 35.5. The molecule has 0 radical (unpaired) electrons. The van der Waals surface area contributed by atoms with Crippen LogP contribution in [-0.4, -0.2) is 12.1 Å². The average Bonchev–Trinajstić information content (AvgIpc) is 3.04. The van der Waals surface area contributed by atoms with Crippen LogP contribution in [-0.2, 0) is 0 Å². The molecule has 0 atom stereocenters. The van der Waals surface area contributed by atoms with Gasteiger partial charge in [-0.1, -0.05) is 46.6 Å². The van der Waals surface area contributed by atoms with Crippen LogP contribution in [0.5, 0.6) is 0 Å². The van der Waals surface area contributed by atoms with Crippen molar-refractivity contribution in [3.63, 3.8) is 0 Å². The van der Waals surface area contributed by atoms with Gasteiger partial charge in [0.2, 0.25) is 0 Å². The molecule has 132 valence electrons. The van der Waals surface area contributed by atoms with Crippen molar-refractivity contribution in [3.8, 4) is 0 Å². The highest BCUT2D eigenvalue weighted by Gasteiger charge is 2.09. The van der Waals surface area contributed by atoms with Gasteiger partial charge < -0.3 is 0 Å². The van der Waals surface area contributed by atoms with E-state index in [0.29, 0.717) is 15.6 Å². The van der Waals surface area contributed by atoms with Crippen LogP contribution in [0.25, 0.3) is 0 Å². The number of thiophene rings is 1. The number of hydrogen-bond acceptors (Lipinski definition) is 4. The molecular formula is C18H11Cl3N2OS2. The zero-order valence-corrected chi connectivity index (χ0v) is 17.0. The van der Waals surface area contributed by atoms with E-state index in [9.17, 15) is 4.79 Å². The number of carbonyl (C=O) groups is 1. The van der Waals surface area contributed by atoms with E-state index in [1.165, 1.54) is 6.07 Å². The molecule has 0 fully saturated rings. The van der Waals surface area contributed by atoms with Crippen molar-refractivity contribution in [1.82, 2.24) is 5.43 Å². The molecule has 1 amide bonds. The summed E-state index contributed by atoms with van der Waals surface area (Å²) in [4.78, 5) is 14.1. The lowest BCUT2D eigenvalue weighted by molar-refractivity contribution is 0.0955. The predicted octanol–water partition coefficient (Wildman–Crippen LogP) is 6.62. The quantitative estimate of drug-likeness (QED) is 0.357. The van der Waals surface area contributed by atoms with Crippen LogP contribution in [0.15, 0.2) is 68.8 Å². The number of halogens is 3. The van der Waals surface area contributed by atoms with Crippen molar-refractivity contribution < 1.29 is 4.79 Å². The Hall–Kier alpha value is -1.50. The lowest BCUT2D eigenvalue weighted by atomic mass is 10.2. The Bertz CT molecular complexity index is 955. The second kappa shape index (κ2) is 8.93. The molecule has 26 heavy (non-hydrogen) atoms. The standard InChI is InChI=1S/C18H11Cl3N2OS2/c19-11-1-4-13(5-2-11)25-17-8-6-14(26-17)10-22-23-18(24)15-7-3-12(20)9-16(15)21/h1-10H,(H,23,24)/b22-10-. The normalized spacial score (nSPS) is 11.0. The van der Waals surface area contributed by atoms with Crippen molar-refractivity contribution in [3.05, 3.63) is 80.1 Å². The van der Waals surface area contributed by atoms with E-state index >= 15 is 0 Å². The summed E-state index contributed by atoms with van der Waals surface area (Å²) in [6, 6.07) is 16.3. The van der Waals surface area contributed by atoms with Gasteiger partial charge in [0.1, 0.15) is 0 Å². The minimum absolute atomic E-state index is 0.281. The largest absolute Gasteiger partial charge is 0.272 e. The molecule has 0 unspecified atom stereocenters. The lowest BCUT2D eigenvalue weighted by Crippen LogP contribution is -2.17. The summed E-state index contributed by atoms with van der Waals surface area (Å²) < 4.78 is 1.11. The fourth-order valence-corrected chi connectivity index (χ4v) is 4.58. The molecule has 0 spiro atoms. The summed E-state index contributed by atoms with van der Waals surface area (Å²) in [6.45, 7) is 0. The second-order valence-electron chi connectivity index (χ2n) is 5.04. The third kappa shape index (κ3) is 5.25. The molecule has 0 saturated heterocycles. The molecule has 1 heterocycles. The van der Waals surface area contributed by atoms with E-state index in [0.717, 1.165) is 14.0 Å². The molecule has 3 aromatic rings. The maximum Gasteiger partial charge on any atom is 0.272 e. The lowest BCUT2D eigenvalue weighted by Gasteiger charge is -2.02. The van der Waals surface area contributed by atoms with Gasteiger partial charge in [-0.3, -0.25) is 4.79 Å². The van der Waals surface area contributed by atoms with E-state index in [-0.39, 0.29) is 5.02 Å². The Labute approximate surface area is 174 Å². The maximum atomic E-state index is 12.1. The van der Waals surface area contributed by atoms with Crippen molar-refractivity contribution in [2.24, 2.45) is 5.10 Å². The van der Waals surface area contributed by atoms with Crippen molar-refractivity contribution in [2.45, 2.75) is 9.10 Å². The van der Waals surface area contributed by atoms with Crippen LogP contribution in [0, 0.1) is 0 Å². The Morgan fingerprint density at radius 3 is 2.46 bits per heavy atom. The van der Waals surface area contributed by atoms with E-state index in [2.05, 4.69) is 10.5 Å². The van der Waals surface area contributed by atoms with Crippen molar-refractivity contribution in [2.75, 3.05) is 0 Å². The number of nitrogens with zero attached hydrogens (tertiary/aromatic N) is 1. The summed E-state index contributed by atoms with van der Waals surface area (Å²) in [5, 5.41) is 5.45. The zero-order chi connectivity index (χ0) is 18.5. The molecule has 3 nitrogen and oxygen atoms in total. The number of benzene rings is 2. The molecule has 1 aromatic heterocycles. The van der Waals surface area contributed by atoms with Crippen LogP contribution in [0.1, 0.15) is 15.2 Å². The van der Waals surface area contributed by atoms with Crippen molar-refractivity contribution >= 4 is 70.0 Å². The monoisotopic (exact) mass is 440 g/mol. The Balaban J connectivity index is 1.59. The Kier molecular flexibility index (Phi) is 6.62. The Morgan fingerprint density at radius 1 is 1.00 bits per heavy atom. The molecule has 8 heteroatoms. The molecule has 0 aliphatic carbocycles. The van der Waals surface area contributed by atoms with Gasteiger partial charge in [0.15, 0.2) is 0 Å². The molecule has 0 bridgehead atoms. The molecular weight excluding hydrogens is 431 g/mol. The number of carbonyl (C=O) groups excluding carboxylic acids is 1. The fraction of sp³-hybridized carbons (Fsp3) is 0. The molecule has 1 N–H and O–H groups in total.